The van der Waals surface area contributed by atoms with E-state index in [2.05, 4.69) is 10.5 Å². The standard InChI is InChI=1S/C22H27FN4O4/c1-16-13-19(25-31-16)24-20(28)15-26-7-9-27(10-8-26)21(29)22(5-11-30-12-6-22)17-3-2-4-18(23)14-17/h2-4,13-14H,5-12,15H2,1H3,(H,24,25,28). The summed E-state index contributed by atoms with van der Waals surface area (Å²) in [6, 6.07) is 8.01. The highest BCUT2D eigenvalue weighted by Gasteiger charge is 2.44. The molecule has 0 spiro atoms. The Morgan fingerprint density at radius 2 is 1.90 bits per heavy atom. The molecule has 2 amide bonds. The van der Waals surface area contributed by atoms with Gasteiger partial charge in [0.2, 0.25) is 11.8 Å². The molecule has 0 atom stereocenters. The topological polar surface area (TPSA) is 87.9 Å². The maximum Gasteiger partial charge on any atom is 0.239 e. The van der Waals surface area contributed by atoms with E-state index < -0.39 is 5.41 Å². The van der Waals surface area contributed by atoms with Gasteiger partial charge in [-0.15, -0.1) is 0 Å². The highest BCUT2D eigenvalue weighted by atomic mass is 19.1. The highest BCUT2D eigenvalue weighted by Crippen LogP contribution is 2.37. The van der Waals surface area contributed by atoms with Crippen molar-refractivity contribution < 1.29 is 23.2 Å². The number of carbonyl (C=O) groups excluding carboxylic acids is 2. The number of nitrogens with one attached hydrogen (secondary N) is 1. The van der Waals surface area contributed by atoms with E-state index >= 15 is 0 Å². The Kier molecular flexibility index (Phi) is 6.33. The van der Waals surface area contributed by atoms with Gasteiger partial charge in [-0.05, 0) is 37.5 Å². The minimum atomic E-state index is -0.759. The molecule has 0 unspecified atom stereocenters. The van der Waals surface area contributed by atoms with Crippen molar-refractivity contribution in [2.24, 2.45) is 0 Å². The van der Waals surface area contributed by atoms with Gasteiger partial charge in [0, 0.05) is 45.5 Å². The predicted molar refractivity (Wildman–Crippen MR) is 111 cm³/mol. The summed E-state index contributed by atoms with van der Waals surface area (Å²) in [5.41, 5.74) is -0.0458. The number of piperazine rings is 1. The number of rotatable bonds is 5. The monoisotopic (exact) mass is 430 g/mol. The van der Waals surface area contributed by atoms with Crippen molar-refractivity contribution in [3.8, 4) is 0 Å². The molecule has 2 aliphatic rings. The molecule has 3 heterocycles. The lowest BCUT2D eigenvalue weighted by Gasteiger charge is -2.43. The van der Waals surface area contributed by atoms with Gasteiger partial charge < -0.3 is 19.5 Å². The quantitative estimate of drug-likeness (QED) is 0.780. The summed E-state index contributed by atoms with van der Waals surface area (Å²) in [6.45, 7) is 5.15. The fraction of sp³-hybridized carbons (Fsp3) is 0.500. The van der Waals surface area contributed by atoms with Crippen LogP contribution in [0.25, 0.3) is 0 Å². The largest absolute Gasteiger partial charge is 0.381 e. The Balaban J connectivity index is 1.37. The van der Waals surface area contributed by atoms with Gasteiger partial charge >= 0.3 is 0 Å². The SMILES string of the molecule is Cc1cc(NC(=O)CN2CCN(C(=O)C3(c4cccc(F)c4)CCOCC3)CC2)no1. The first-order valence-corrected chi connectivity index (χ1v) is 10.5. The molecule has 2 saturated heterocycles. The van der Waals surface area contributed by atoms with E-state index in [4.69, 9.17) is 9.26 Å². The molecule has 0 bridgehead atoms. The zero-order valence-corrected chi connectivity index (χ0v) is 17.6. The van der Waals surface area contributed by atoms with Crippen molar-refractivity contribution in [2.75, 3.05) is 51.3 Å². The molecule has 2 fully saturated rings. The second-order valence-electron chi connectivity index (χ2n) is 8.14. The predicted octanol–water partition coefficient (Wildman–Crippen LogP) is 1.95. The first-order chi connectivity index (χ1) is 15.0. The third-order valence-electron chi connectivity index (χ3n) is 6.06. The molecular weight excluding hydrogens is 403 g/mol. The zero-order chi connectivity index (χ0) is 21.8. The molecule has 0 radical (unpaired) electrons. The number of anilines is 1. The molecule has 0 saturated carbocycles. The Labute approximate surface area is 180 Å². The fourth-order valence-corrected chi connectivity index (χ4v) is 4.35. The molecular formula is C22H27FN4O4. The van der Waals surface area contributed by atoms with Crippen molar-refractivity contribution in [1.29, 1.82) is 0 Å². The average Bonchev–Trinajstić information content (AvgIpc) is 3.18. The molecule has 2 aliphatic heterocycles. The van der Waals surface area contributed by atoms with Crippen LogP contribution in [0.5, 0.6) is 0 Å². The van der Waals surface area contributed by atoms with Crippen molar-refractivity contribution in [3.63, 3.8) is 0 Å². The molecule has 1 aromatic carbocycles. The summed E-state index contributed by atoms with van der Waals surface area (Å²) < 4.78 is 24.4. The van der Waals surface area contributed by atoms with Crippen LogP contribution in [-0.2, 0) is 19.7 Å². The van der Waals surface area contributed by atoms with Crippen molar-refractivity contribution in [3.05, 3.63) is 47.5 Å². The van der Waals surface area contributed by atoms with Crippen LogP contribution in [-0.4, -0.2) is 72.7 Å². The van der Waals surface area contributed by atoms with Gasteiger partial charge in [0.15, 0.2) is 5.82 Å². The summed E-state index contributed by atoms with van der Waals surface area (Å²) in [5, 5.41) is 6.48. The van der Waals surface area contributed by atoms with Gasteiger partial charge in [0.25, 0.3) is 0 Å². The molecule has 9 heteroatoms. The van der Waals surface area contributed by atoms with Crippen LogP contribution < -0.4 is 5.32 Å². The minimum absolute atomic E-state index is 0.0172. The number of aryl methyl sites for hydroxylation is 1. The van der Waals surface area contributed by atoms with E-state index in [1.165, 1.54) is 12.1 Å². The molecule has 1 N–H and O–H groups in total. The number of nitrogens with zero attached hydrogens (tertiary/aromatic N) is 3. The first-order valence-electron chi connectivity index (χ1n) is 10.5. The van der Waals surface area contributed by atoms with Crippen LogP contribution in [0.15, 0.2) is 34.9 Å². The number of amides is 2. The smallest absolute Gasteiger partial charge is 0.239 e. The number of halogens is 1. The van der Waals surface area contributed by atoms with Crippen LogP contribution >= 0.6 is 0 Å². The lowest BCUT2D eigenvalue weighted by molar-refractivity contribution is -0.143. The average molecular weight is 430 g/mol. The lowest BCUT2D eigenvalue weighted by Crippen LogP contribution is -2.56. The number of carbonyl (C=O) groups is 2. The Morgan fingerprint density at radius 3 is 2.55 bits per heavy atom. The number of aromatic nitrogens is 1. The van der Waals surface area contributed by atoms with Crippen LogP contribution in [0, 0.1) is 12.7 Å². The van der Waals surface area contributed by atoms with E-state index in [1.807, 2.05) is 15.9 Å². The second kappa shape index (κ2) is 9.15. The molecule has 1 aromatic heterocycles. The summed E-state index contributed by atoms with van der Waals surface area (Å²) in [4.78, 5) is 29.7. The number of hydrogen-bond acceptors (Lipinski definition) is 6. The highest BCUT2D eigenvalue weighted by molar-refractivity contribution is 5.91. The Morgan fingerprint density at radius 1 is 1.16 bits per heavy atom. The zero-order valence-electron chi connectivity index (χ0n) is 17.6. The molecule has 166 valence electrons. The van der Waals surface area contributed by atoms with Crippen LogP contribution in [0.1, 0.15) is 24.2 Å². The maximum atomic E-state index is 13.9. The van der Waals surface area contributed by atoms with Gasteiger partial charge in [-0.1, -0.05) is 17.3 Å². The molecule has 31 heavy (non-hydrogen) atoms. The van der Waals surface area contributed by atoms with Gasteiger partial charge in [-0.3, -0.25) is 14.5 Å². The van der Waals surface area contributed by atoms with Crippen LogP contribution in [0.3, 0.4) is 0 Å². The lowest BCUT2D eigenvalue weighted by atomic mass is 9.73. The van der Waals surface area contributed by atoms with Gasteiger partial charge in [0.05, 0.1) is 12.0 Å². The van der Waals surface area contributed by atoms with E-state index in [0.29, 0.717) is 69.4 Å². The summed E-state index contributed by atoms with van der Waals surface area (Å²) in [7, 11) is 0. The number of ether oxygens (including phenoxy) is 1. The molecule has 0 aliphatic carbocycles. The third-order valence-corrected chi connectivity index (χ3v) is 6.06. The molecule has 2 aromatic rings. The van der Waals surface area contributed by atoms with Crippen molar-refractivity contribution in [1.82, 2.24) is 15.0 Å². The second-order valence-corrected chi connectivity index (χ2v) is 8.14. The maximum absolute atomic E-state index is 13.9. The van der Waals surface area contributed by atoms with E-state index in [9.17, 15) is 14.0 Å². The van der Waals surface area contributed by atoms with Crippen LogP contribution in [0.2, 0.25) is 0 Å². The fourth-order valence-electron chi connectivity index (χ4n) is 4.35. The third kappa shape index (κ3) is 4.77. The summed E-state index contributed by atoms with van der Waals surface area (Å²) >= 11 is 0. The van der Waals surface area contributed by atoms with Crippen molar-refractivity contribution in [2.45, 2.75) is 25.2 Å². The van der Waals surface area contributed by atoms with Crippen molar-refractivity contribution >= 4 is 17.6 Å². The molecule has 8 nitrogen and oxygen atoms in total. The van der Waals surface area contributed by atoms with E-state index in [-0.39, 0.29) is 24.2 Å². The number of benzene rings is 1. The summed E-state index contributed by atoms with van der Waals surface area (Å²) in [5.74, 6) is 0.530. The first kappa shape index (κ1) is 21.5. The Bertz CT molecular complexity index is 933. The van der Waals surface area contributed by atoms with Gasteiger partial charge in [-0.2, -0.15) is 0 Å². The summed E-state index contributed by atoms with van der Waals surface area (Å²) in [6.07, 6.45) is 1.07. The Hall–Kier alpha value is -2.78. The molecule has 4 rings (SSSR count). The number of hydrogen-bond donors (Lipinski definition) is 1. The van der Waals surface area contributed by atoms with Gasteiger partial charge in [0.1, 0.15) is 11.6 Å². The minimum Gasteiger partial charge on any atom is -0.381 e. The van der Waals surface area contributed by atoms with Gasteiger partial charge in [-0.25, -0.2) is 4.39 Å². The normalized spacial score (nSPS) is 19.2. The van der Waals surface area contributed by atoms with E-state index in [0.717, 1.165) is 0 Å². The van der Waals surface area contributed by atoms with Crippen LogP contribution in [0.4, 0.5) is 10.2 Å². The van der Waals surface area contributed by atoms with E-state index in [1.54, 1.807) is 19.1 Å².